The molecule has 0 aliphatic heterocycles. The molecule has 0 aliphatic carbocycles. The Bertz CT molecular complexity index is 821. The summed E-state index contributed by atoms with van der Waals surface area (Å²) in [6.45, 7) is 4.70. The van der Waals surface area contributed by atoms with Crippen molar-refractivity contribution in [2.75, 3.05) is 11.9 Å². The molecule has 96 valence electrons. The molecule has 2 heterocycles. The fourth-order valence-corrected chi connectivity index (χ4v) is 2.33. The normalized spacial score (nSPS) is 11.1. The summed E-state index contributed by atoms with van der Waals surface area (Å²) in [5, 5.41) is 4.62. The number of hydrogen-bond donors (Lipinski definition) is 1. The summed E-state index contributed by atoms with van der Waals surface area (Å²) in [5.74, 6) is 0. The Morgan fingerprint density at radius 1 is 1.32 bits per heavy atom. The number of nitrogens with zero attached hydrogens (tertiary/aromatic N) is 1. The van der Waals surface area contributed by atoms with Gasteiger partial charge in [-0.3, -0.25) is 4.98 Å². The van der Waals surface area contributed by atoms with Crippen LogP contribution in [-0.4, -0.2) is 11.5 Å². The van der Waals surface area contributed by atoms with E-state index in [1.807, 2.05) is 32.0 Å². The maximum absolute atomic E-state index is 12.1. The zero-order valence-corrected chi connectivity index (χ0v) is 10.9. The summed E-state index contributed by atoms with van der Waals surface area (Å²) < 4.78 is 5.37. The number of pyridine rings is 1. The monoisotopic (exact) mass is 254 g/mol. The number of fused-ring (bicyclic) bond motifs is 3. The lowest BCUT2D eigenvalue weighted by Crippen LogP contribution is -2.07. The molecule has 0 atom stereocenters. The summed E-state index contributed by atoms with van der Waals surface area (Å²) in [5.41, 5.74) is 2.69. The Morgan fingerprint density at radius 2 is 2.11 bits per heavy atom. The molecule has 0 radical (unpaired) electrons. The smallest absolute Gasteiger partial charge is 0.346 e. The van der Waals surface area contributed by atoms with E-state index in [2.05, 4.69) is 10.3 Å². The third kappa shape index (κ3) is 1.76. The van der Waals surface area contributed by atoms with Gasteiger partial charge in [0.15, 0.2) is 0 Å². The van der Waals surface area contributed by atoms with Crippen LogP contribution in [0.15, 0.2) is 39.7 Å². The molecular formula is C15H14N2O2. The van der Waals surface area contributed by atoms with Gasteiger partial charge in [0.25, 0.3) is 0 Å². The minimum atomic E-state index is -0.335. The molecule has 0 saturated carbocycles. The van der Waals surface area contributed by atoms with Crippen molar-refractivity contribution in [3.63, 3.8) is 0 Å². The maximum atomic E-state index is 12.1. The first-order valence-corrected chi connectivity index (χ1v) is 6.27. The molecule has 1 aromatic carbocycles. The second-order valence-electron chi connectivity index (χ2n) is 4.44. The molecular weight excluding hydrogens is 240 g/mol. The minimum Gasteiger partial charge on any atom is -0.422 e. The van der Waals surface area contributed by atoms with Gasteiger partial charge in [-0.25, -0.2) is 4.79 Å². The van der Waals surface area contributed by atoms with E-state index in [1.165, 1.54) is 0 Å². The number of benzene rings is 1. The number of rotatable bonds is 2. The SMILES string of the molecule is CCNc1cnc2c(c1C)c(=O)oc1ccccc12. The largest absolute Gasteiger partial charge is 0.422 e. The zero-order valence-electron chi connectivity index (χ0n) is 10.9. The van der Waals surface area contributed by atoms with Gasteiger partial charge in [0.1, 0.15) is 5.58 Å². The van der Waals surface area contributed by atoms with Crippen LogP contribution >= 0.6 is 0 Å². The van der Waals surface area contributed by atoms with E-state index in [1.54, 1.807) is 12.3 Å². The van der Waals surface area contributed by atoms with Crippen LogP contribution in [0.25, 0.3) is 21.9 Å². The number of aromatic nitrogens is 1. The third-order valence-electron chi connectivity index (χ3n) is 3.25. The van der Waals surface area contributed by atoms with E-state index in [0.717, 1.165) is 23.2 Å². The van der Waals surface area contributed by atoms with Gasteiger partial charge in [0, 0.05) is 11.9 Å². The molecule has 0 aliphatic rings. The highest BCUT2D eigenvalue weighted by Crippen LogP contribution is 2.26. The summed E-state index contributed by atoms with van der Waals surface area (Å²) in [6.07, 6.45) is 1.77. The van der Waals surface area contributed by atoms with Crippen molar-refractivity contribution in [3.8, 4) is 0 Å². The fraction of sp³-hybridized carbons (Fsp3) is 0.200. The molecule has 4 nitrogen and oxygen atoms in total. The summed E-state index contributed by atoms with van der Waals surface area (Å²) in [6, 6.07) is 7.46. The average Bonchev–Trinajstić information content (AvgIpc) is 2.41. The van der Waals surface area contributed by atoms with Crippen molar-refractivity contribution >= 4 is 27.6 Å². The second-order valence-corrected chi connectivity index (χ2v) is 4.44. The van der Waals surface area contributed by atoms with E-state index >= 15 is 0 Å². The molecule has 3 rings (SSSR count). The third-order valence-corrected chi connectivity index (χ3v) is 3.25. The van der Waals surface area contributed by atoms with Crippen LogP contribution in [0.2, 0.25) is 0 Å². The predicted octanol–water partition coefficient (Wildman–Crippen LogP) is 3.08. The Morgan fingerprint density at radius 3 is 2.89 bits per heavy atom. The lowest BCUT2D eigenvalue weighted by molar-refractivity contribution is 0.569. The van der Waals surface area contributed by atoms with E-state index in [-0.39, 0.29) is 5.63 Å². The molecule has 0 bridgehead atoms. The number of hydrogen-bond acceptors (Lipinski definition) is 4. The number of nitrogens with one attached hydrogen (secondary N) is 1. The van der Waals surface area contributed by atoms with E-state index < -0.39 is 0 Å². The second kappa shape index (κ2) is 4.39. The van der Waals surface area contributed by atoms with Crippen molar-refractivity contribution in [2.45, 2.75) is 13.8 Å². The van der Waals surface area contributed by atoms with E-state index in [9.17, 15) is 4.79 Å². The number of para-hydroxylation sites is 1. The fourth-order valence-electron chi connectivity index (χ4n) is 2.33. The maximum Gasteiger partial charge on any atom is 0.346 e. The molecule has 0 amide bonds. The van der Waals surface area contributed by atoms with E-state index in [0.29, 0.717) is 16.5 Å². The lowest BCUT2D eigenvalue weighted by Gasteiger charge is -2.09. The van der Waals surface area contributed by atoms with E-state index in [4.69, 9.17) is 4.42 Å². The van der Waals surface area contributed by atoms with Crippen molar-refractivity contribution < 1.29 is 4.42 Å². The van der Waals surface area contributed by atoms with Crippen LogP contribution in [0.1, 0.15) is 12.5 Å². The lowest BCUT2D eigenvalue weighted by atomic mass is 10.1. The summed E-state index contributed by atoms with van der Waals surface area (Å²) in [7, 11) is 0. The van der Waals surface area contributed by atoms with Gasteiger partial charge >= 0.3 is 5.63 Å². The Hall–Kier alpha value is -2.36. The van der Waals surface area contributed by atoms with Gasteiger partial charge in [-0.05, 0) is 31.5 Å². The molecule has 4 heteroatoms. The van der Waals surface area contributed by atoms with Crippen molar-refractivity contribution in [1.29, 1.82) is 0 Å². The Kier molecular flexibility index (Phi) is 2.71. The van der Waals surface area contributed by atoms with Crippen LogP contribution in [0.3, 0.4) is 0 Å². The standard InChI is InChI=1S/C15H14N2O2/c1-3-16-11-8-17-14-10-6-4-5-7-12(10)19-15(18)13(14)9(11)2/h4-8,16H,3H2,1-2H3. The first-order valence-electron chi connectivity index (χ1n) is 6.27. The van der Waals surface area contributed by atoms with Gasteiger partial charge in [0.2, 0.25) is 0 Å². The van der Waals surface area contributed by atoms with Crippen LogP contribution in [0.4, 0.5) is 5.69 Å². The topological polar surface area (TPSA) is 55.1 Å². The molecule has 0 spiro atoms. The average molecular weight is 254 g/mol. The van der Waals surface area contributed by atoms with Crippen LogP contribution in [0.5, 0.6) is 0 Å². The highest BCUT2D eigenvalue weighted by molar-refractivity contribution is 6.03. The molecule has 0 fully saturated rings. The zero-order chi connectivity index (χ0) is 13.4. The molecule has 2 aromatic heterocycles. The van der Waals surface area contributed by atoms with Gasteiger partial charge in [-0.1, -0.05) is 12.1 Å². The van der Waals surface area contributed by atoms with Gasteiger partial charge in [-0.15, -0.1) is 0 Å². The van der Waals surface area contributed by atoms with Crippen molar-refractivity contribution in [2.24, 2.45) is 0 Å². The molecule has 0 saturated heterocycles. The van der Waals surface area contributed by atoms with Crippen LogP contribution in [-0.2, 0) is 0 Å². The van der Waals surface area contributed by atoms with Gasteiger partial charge in [-0.2, -0.15) is 0 Å². The Balaban J connectivity index is 2.48. The van der Waals surface area contributed by atoms with Gasteiger partial charge < -0.3 is 9.73 Å². The molecule has 19 heavy (non-hydrogen) atoms. The summed E-state index contributed by atoms with van der Waals surface area (Å²) >= 11 is 0. The molecule has 1 N–H and O–H groups in total. The highest BCUT2D eigenvalue weighted by atomic mass is 16.4. The van der Waals surface area contributed by atoms with Crippen molar-refractivity contribution in [3.05, 3.63) is 46.4 Å². The molecule has 0 unspecified atom stereocenters. The highest BCUT2D eigenvalue weighted by Gasteiger charge is 2.12. The van der Waals surface area contributed by atoms with Crippen LogP contribution < -0.4 is 10.9 Å². The predicted molar refractivity (Wildman–Crippen MR) is 76.7 cm³/mol. The van der Waals surface area contributed by atoms with Gasteiger partial charge in [0.05, 0.1) is 22.8 Å². The quantitative estimate of drug-likeness (QED) is 0.564. The number of aryl methyl sites for hydroxylation is 1. The Labute approximate surface area is 110 Å². The first-order chi connectivity index (χ1) is 9.22. The molecule has 3 aromatic rings. The number of anilines is 1. The summed E-state index contributed by atoms with van der Waals surface area (Å²) in [4.78, 5) is 16.6. The van der Waals surface area contributed by atoms with Crippen LogP contribution in [0, 0.1) is 6.92 Å². The van der Waals surface area contributed by atoms with Crippen molar-refractivity contribution in [1.82, 2.24) is 4.98 Å². The first kappa shape index (κ1) is 11.7. The minimum absolute atomic E-state index is 0.335.